The molecular formula is C16H20F3N3O3. The minimum atomic E-state index is -4.54. The molecule has 0 aromatic carbocycles. The molecule has 2 bridgehead atoms. The van der Waals surface area contributed by atoms with Gasteiger partial charge in [-0.3, -0.25) is 0 Å². The van der Waals surface area contributed by atoms with Crippen molar-refractivity contribution < 1.29 is 27.4 Å². The first kappa shape index (κ1) is 17.8. The standard InChI is InChI=1S/C16H20F3N3O3/c1-15(2,3)25-14(23)22-8-9-4-10(22)11(5-9)24-13-7-20-12(6-21-13)16(17,18)19/h6-7,9-11H,4-5,8H2,1-3H3/t9?,10-,11?/m1/s1. The summed E-state index contributed by atoms with van der Waals surface area (Å²) in [7, 11) is 0. The Kier molecular flexibility index (Phi) is 4.28. The van der Waals surface area contributed by atoms with Gasteiger partial charge in [0, 0.05) is 6.54 Å². The van der Waals surface area contributed by atoms with Crippen molar-refractivity contribution in [1.82, 2.24) is 14.9 Å². The van der Waals surface area contributed by atoms with Gasteiger partial charge in [0.1, 0.15) is 11.7 Å². The number of halogens is 3. The second-order valence-corrected chi connectivity index (χ2v) is 7.43. The van der Waals surface area contributed by atoms with Gasteiger partial charge in [-0.05, 0) is 39.5 Å². The number of ether oxygens (including phenoxy) is 2. The monoisotopic (exact) mass is 359 g/mol. The first-order valence-corrected chi connectivity index (χ1v) is 8.08. The molecule has 0 spiro atoms. The summed E-state index contributed by atoms with van der Waals surface area (Å²) in [4.78, 5) is 21.0. The van der Waals surface area contributed by atoms with Gasteiger partial charge in [0.2, 0.25) is 5.88 Å². The summed E-state index contributed by atoms with van der Waals surface area (Å²) >= 11 is 0. The number of piperidine rings is 1. The third-order valence-electron chi connectivity index (χ3n) is 4.24. The van der Waals surface area contributed by atoms with E-state index in [0.29, 0.717) is 18.7 Å². The van der Waals surface area contributed by atoms with Gasteiger partial charge in [0.05, 0.1) is 18.4 Å². The summed E-state index contributed by atoms with van der Waals surface area (Å²) in [5.74, 6) is 0.319. The summed E-state index contributed by atoms with van der Waals surface area (Å²) in [5, 5.41) is 0. The quantitative estimate of drug-likeness (QED) is 0.811. The molecule has 2 aliphatic rings. The summed E-state index contributed by atoms with van der Waals surface area (Å²) in [6.07, 6.45) is -2.12. The van der Waals surface area contributed by atoms with Crippen LogP contribution in [-0.2, 0) is 10.9 Å². The van der Waals surface area contributed by atoms with Crippen molar-refractivity contribution in [3.63, 3.8) is 0 Å². The number of nitrogens with zero attached hydrogens (tertiary/aromatic N) is 3. The van der Waals surface area contributed by atoms with Crippen LogP contribution in [0, 0.1) is 5.92 Å². The van der Waals surface area contributed by atoms with Crippen molar-refractivity contribution in [3.05, 3.63) is 18.1 Å². The van der Waals surface area contributed by atoms with Crippen molar-refractivity contribution in [3.8, 4) is 5.88 Å². The number of alkyl halides is 3. The summed E-state index contributed by atoms with van der Waals surface area (Å²) in [6, 6.07) is -0.163. The number of amides is 1. The summed E-state index contributed by atoms with van der Waals surface area (Å²) in [6.45, 7) is 6.00. The maximum atomic E-state index is 12.5. The van der Waals surface area contributed by atoms with Crippen molar-refractivity contribution in [2.75, 3.05) is 6.54 Å². The van der Waals surface area contributed by atoms with E-state index in [4.69, 9.17) is 9.47 Å². The van der Waals surface area contributed by atoms with Gasteiger partial charge in [-0.15, -0.1) is 0 Å². The van der Waals surface area contributed by atoms with Crippen LogP contribution < -0.4 is 4.74 Å². The topological polar surface area (TPSA) is 64.5 Å². The van der Waals surface area contributed by atoms with Crippen molar-refractivity contribution in [2.24, 2.45) is 5.92 Å². The molecule has 6 nitrogen and oxygen atoms in total. The minimum Gasteiger partial charge on any atom is -0.471 e. The van der Waals surface area contributed by atoms with Crippen molar-refractivity contribution >= 4 is 6.09 Å². The van der Waals surface area contributed by atoms with Gasteiger partial charge in [-0.1, -0.05) is 0 Å². The SMILES string of the molecule is CC(C)(C)OC(=O)N1CC2CC(Oc3cnc(C(F)(F)F)cn3)[C@H]1C2. The second-order valence-electron chi connectivity index (χ2n) is 7.43. The molecule has 1 amide bonds. The fourth-order valence-electron chi connectivity index (χ4n) is 3.30. The molecule has 2 unspecified atom stereocenters. The highest BCUT2D eigenvalue weighted by atomic mass is 19.4. The van der Waals surface area contributed by atoms with Crippen LogP contribution >= 0.6 is 0 Å². The number of hydrogen-bond acceptors (Lipinski definition) is 5. The molecule has 1 aliphatic carbocycles. The fraction of sp³-hybridized carbons (Fsp3) is 0.688. The summed E-state index contributed by atoms with van der Waals surface area (Å²) < 4.78 is 48.7. The lowest BCUT2D eigenvalue weighted by Gasteiger charge is -2.34. The largest absolute Gasteiger partial charge is 0.471 e. The van der Waals surface area contributed by atoms with Gasteiger partial charge < -0.3 is 14.4 Å². The Bertz CT molecular complexity index is 643. The number of hydrogen-bond donors (Lipinski definition) is 0. The molecule has 3 rings (SSSR count). The molecule has 3 atom stereocenters. The highest BCUT2D eigenvalue weighted by Gasteiger charge is 2.49. The van der Waals surface area contributed by atoms with Gasteiger partial charge in [-0.25, -0.2) is 14.8 Å². The van der Waals surface area contributed by atoms with Gasteiger partial charge in [-0.2, -0.15) is 13.2 Å². The molecule has 1 aromatic heterocycles. The molecule has 138 valence electrons. The van der Waals surface area contributed by atoms with E-state index in [1.807, 2.05) is 0 Å². The zero-order chi connectivity index (χ0) is 18.4. The average Bonchev–Trinajstić information content (AvgIpc) is 3.05. The first-order chi connectivity index (χ1) is 11.5. The number of rotatable bonds is 2. The molecule has 1 aliphatic heterocycles. The zero-order valence-electron chi connectivity index (χ0n) is 14.2. The van der Waals surface area contributed by atoms with E-state index in [0.717, 1.165) is 19.0 Å². The molecule has 1 saturated carbocycles. The van der Waals surface area contributed by atoms with E-state index in [-0.39, 0.29) is 18.0 Å². The number of likely N-dealkylation sites (tertiary alicyclic amines) is 1. The lowest BCUT2D eigenvalue weighted by Crippen LogP contribution is -2.48. The average molecular weight is 359 g/mol. The molecule has 1 saturated heterocycles. The Morgan fingerprint density at radius 1 is 1.20 bits per heavy atom. The molecule has 0 radical (unpaired) electrons. The van der Waals surface area contributed by atoms with Crippen LogP contribution in [0.5, 0.6) is 5.88 Å². The third kappa shape index (κ3) is 3.96. The third-order valence-corrected chi connectivity index (χ3v) is 4.24. The molecule has 25 heavy (non-hydrogen) atoms. The Morgan fingerprint density at radius 2 is 1.92 bits per heavy atom. The normalized spacial score (nSPS) is 26.0. The highest BCUT2D eigenvalue weighted by molar-refractivity contribution is 5.69. The predicted octanol–water partition coefficient (Wildman–Crippen LogP) is 3.27. The van der Waals surface area contributed by atoms with E-state index in [2.05, 4.69) is 9.97 Å². The Morgan fingerprint density at radius 3 is 2.44 bits per heavy atom. The number of fused-ring (bicyclic) bond motifs is 2. The fourth-order valence-corrected chi connectivity index (χ4v) is 3.30. The lowest BCUT2D eigenvalue weighted by atomic mass is 10.1. The van der Waals surface area contributed by atoms with Crippen LogP contribution in [0.4, 0.5) is 18.0 Å². The lowest BCUT2D eigenvalue weighted by molar-refractivity contribution is -0.141. The van der Waals surface area contributed by atoms with Crippen molar-refractivity contribution in [1.29, 1.82) is 0 Å². The number of aromatic nitrogens is 2. The predicted molar refractivity (Wildman–Crippen MR) is 80.9 cm³/mol. The molecular weight excluding hydrogens is 339 g/mol. The number of carbonyl (C=O) groups is 1. The van der Waals surface area contributed by atoms with Gasteiger partial charge in [0.25, 0.3) is 0 Å². The Hall–Kier alpha value is -2.06. The van der Waals surface area contributed by atoms with Gasteiger partial charge in [0.15, 0.2) is 5.69 Å². The zero-order valence-corrected chi connectivity index (χ0v) is 14.2. The Balaban J connectivity index is 1.65. The molecule has 9 heteroatoms. The second kappa shape index (κ2) is 6.03. The maximum Gasteiger partial charge on any atom is 0.434 e. The Labute approximate surface area is 143 Å². The van der Waals surface area contributed by atoms with Crippen LogP contribution in [0.3, 0.4) is 0 Å². The highest BCUT2D eigenvalue weighted by Crippen LogP contribution is 2.40. The van der Waals surface area contributed by atoms with E-state index in [1.165, 1.54) is 0 Å². The summed E-state index contributed by atoms with van der Waals surface area (Å²) in [5.41, 5.74) is -1.66. The first-order valence-electron chi connectivity index (χ1n) is 8.08. The van der Waals surface area contributed by atoms with Gasteiger partial charge >= 0.3 is 12.3 Å². The molecule has 2 fully saturated rings. The number of carbonyl (C=O) groups excluding carboxylic acids is 1. The smallest absolute Gasteiger partial charge is 0.434 e. The van der Waals surface area contributed by atoms with Crippen LogP contribution in [0.1, 0.15) is 39.3 Å². The minimum absolute atomic E-state index is 0.0229. The van der Waals surface area contributed by atoms with E-state index in [1.54, 1.807) is 25.7 Å². The van der Waals surface area contributed by atoms with E-state index >= 15 is 0 Å². The van der Waals surface area contributed by atoms with Crippen LogP contribution in [0.2, 0.25) is 0 Å². The van der Waals surface area contributed by atoms with Crippen LogP contribution in [-0.4, -0.2) is 45.3 Å². The van der Waals surface area contributed by atoms with E-state index < -0.39 is 23.6 Å². The molecule has 1 aromatic rings. The van der Waals surface area contributed by atoms with Crippen LogP contribution in [0.15, 0.2) is 12.4 Å². The van der Waals surface area contributed by atoms with E-state index in [9.17, 15) is 18.0 Å². The molecule has 0 N–H and O–H groups in total. The molecule has 2 heterocycles. The van der Waals surface area contributed by atoms with Crippen LogP contribution in [0.25, 0.3) is 0 Å². The van der Waals surface area contributed by atoms with Crippen molar-refractivity contribution in [2.45, 2.75) is 57.5 Å². The maximum absolute atomic E-state index is 12.5.